The van der Waals surface area contributed by atoms with Crippen molar-refractivity contribution in [2.24, 2.45) is 0 Å². The van der Waals surface area contributed by atoms with Gasteiger partial charge in [-0.05, 0) is 44.5 Å². The Balaban J connectivity index is 2.31. The molecule has 0 bridgehead atoms. The minimum absolute atomic E-state index is 0.125. The first-order valence-corrected chi connectivity index (χ1v) is 8.50. The maximum Gasteiger partial charge on any atom is 0.319 e. The molecule has 2 N–H and O–H groups in total. The van der Waals surface area contributed by atoms with Crippen molar-refractivity contribution in [1.29, 1.82) is 0 Å². The predicted molar refractivity (Wildman–Crippen MR) is 94.5 cm³/mol. The molecule has 4 heteroatoms. The molecule has 1 aromatic carbocycles. The number of nitrogens with zero attached hydrogens (tertiary/aromatic N) is 1. The third kappa shape index (κ3) is 7.46. The van der Waals surface area contributed by atoms with Gasteiger partial charge in [-0.15, -0.1) is 0 Å². The molecule has 0 unspecified atom stereocenters. The van der Waals surface area contributed by atoms with Gasteiger partial charge in [0.25, 0.3) is 0 Å². The van der Waals surface area contributed by atoms with Gasteiger partial charge < -0.3 is 15.5 Å². The molecule has 0 saturated carbocycles. The van der Waals surface area contributed by atoms with Crippen molar-refractivity contribution < 1.29 is 4.79 Å². The number of carbonyl (C=O) groups is 1. The van der Waals surface area contributed by atoms with E-state index in [1.807, 2.05) is 31.2 Å². The first-order chi connectivity index (χ1) is 10.7. The van der Waals surface area contributed by atoms with Crippen LogP contribution < -0.4 is 10.6 Å². The number of carbonyl (C=O) groups excluding carboxylic acids is 1. The predicted octanol–water partition coefficient (Wildman–Crippen LogP) is 4.02. The summed E-state index contributed by atoms with van der Waals surface area (Å²) in [6.45, 7) is 10.3. The van der Waals surface area contributed by atoms with E-state index >= 15 is 0 Å². The highest BCUT2D eigenvalue weighted by atomic mass is 16.2. The van der Waals surface area contributed by atoms with Gasteiger partial charge in [0.15, 0.2) is 0 Å². The average Bonchev–Trinajstić information content (AvgIpc) is 2.51. The molecular weight excluding hydrogens is 274 g/mol. The van der Waals surface area contributed by atoms with Gasteiger partial charge in [-0.2, -0.15) is 0 Å². The quantitative estimate of drug-likeness (QED) is 0.686. The summed E-state index contributed by atoms with van der Waals surface area (Å²) in [5, 5.41) is 5.85. The Hall–Kier alpha value is -1.55. The van der Waals surface area contributed by atoms with Crippen molar-refractivity contribution in [2.45, 2.75) is 46.5 Å². The van der Waals surface area contributed by atoms with Gasteiger partial charge in [0.05, 0.1) is 0 Å². The molecule has 1 rings (SSSR count). The van der Waals surface area contributed by atoms with E-state index in [1.54, 1.807) is 0 Å². The maximum atomic E-state index is 11.9. The zero-order valence-electron chi connectivity index (χ0n) is 14.3. The number of anilines is 1. The highest BCUT2D eigenvalue weighted by Gasteiger charge is 2.06. The van der Waals surface area contributed by atoms with Gasteiger partial charge in [-0.25, -0.2) is 4.79 Å². The van der Waals surface area contributed by atoms with E-state index in [0.29, 0.717) is 6.54 Å². The fourth-order valence-electron chi connectivity index (χ4n) is 2.31. The van der Waals surface area contributed by atoms with Crippen LogP contribution in [0, 0.1) is 6.92 Å². The van der Waals surface area contributed by atoms with Crippen molar-refractivity contribution in [3.63, 3.8) is 0 Å². The monoisotopic (exact) mass is 305 g/mol. The highest BCUT2D eigenvalue weighted by molar-refractivity contribution is 5.89. The molecule has 124 valence electrons. The molecule has 0 aliphatic heterocycles. The number of urea groups is 1. The fourth-order valence-corrected chi connectivity index (χ4v) is 2.31. The minimum Gasteiger partial charge on any atom is -0.337 e. The van der Waals surface area contributed by atoms with Crippen LogP contribution in [0.5, 0.6) is 0 Å². The summed E-state index contributed by atoms with van der Waals surface area (Å²) in [6, 6.07) is 7.69. The van der Waals surface area contributed by atoms with Crippen LogP contribution in [0.15, 0.2) is 24.3 Å². The van der Waals surface area contributed by atoms with E-state index < -0.39 is 0 Å². The standard InChI is InChI=1S/C18H31N3O/c1-4-6-13-21(14-7-5-2)15-12-19-18(22)20-17-11-9-8-10-16(17)3/h8-11H,4-7,12-15H2,1-3H3,(H2,19,20,22). The Morgan fingerprint density at radius 2 is 1.68 bits per heavy atom. The van der Waals surface area contributed by atoms with Crippen molar-refractivity contribution in [1.82, 2.24) is 10.2 Å². The number of hydrogen-bond donors (Lipinski definition) is 2. The zero-order valence-corrected chi connectivity index (χ0v) is 14.3. The Kier molecular flexibility index (Phi) is 9.31. The Labute approximate surface area is 135 Å². The van der Waals surface area contributed by atoms with Gasteiger partial charge in [0.1, 0.15) is 0 Å². The first kappa shape index (κ1) is 18.5. The zero-order chi connectivity index (χ0) is 16.2. The molecule has 0 aliphatic carbocycles. The normalized spacial score (nSPS) is 10.7. The summed E-state index contributed by atoms with van der Waals surface area (Å²) < 4.78 is 0. The van der Waals surface area contributed by atoms with Gasteiger partial charge in [0, 0.05) is 18.8 Å². The third-order valence-electron chi connectivity index (χ3n) is 3.76. The molecule has 4 nitrogen and oxygen atoms in total. The van der Waals surface area contributed by atoms with E-state index in [2.05, 4.69) is 29.4 Å². The van der Waals surface area contributed by atoms with Crippen molar-refractivity contribution in [3.05, 3.63) is 29.8 Å². The number of amides is 2. The lowest BCUT2D eigenvalue weighted by Crippen LogP contribution is -2.37. The molecule has 22 heavy (non-hydrogen) atoms. The number of aryl methyl sites for hydroxylation is 1. The van der Waals surface area contributed by atoms with E-state index in [0.717, 1.165) is 30.9 Å². The molecule has 0 fully saturated rings. The van der Waals surface area contributed by atoms with E-state index in [-0.39, 0.29) is 6.03 Å². The molecule has 0 aromatic heterocycles. The van der Waals surface area contributed by atoms with Crippen LogP contribution in [-0.2, 0) is 0 Å². The van der Waals surface area contributed by atoms with Gasteiger partial charge in [-0.3, -0.25) is 0 Å². The highest BCUT2D eigenvalue weighted by Crippen LogP contribution is 2.12. The second-order valence-electron chi connectivity index (χ2n) is 5.74. The summed E-state index contributed by atoms with van der Waals surface area (Å²) in [7, 11) is 0. The van der Waals surface area contributed by atoms with Crippen LogP contribution >= 0.6 is 0 Å². The molecule has 1 aromatic rings. The number of hydrogen-bond acceptors (Lipinski definition) is 2. The molecule has 0 heterocycles. The molecular formula is C18H31N3O. The van der Waals surface area contributed by atoms with Gasteiger partial charge >= 0.3 is 6.03 Å². The van der Waals surface area contributed by atoms with Crippen molar-refractivity contribution >= 4 is 11.7 Å². The molecule has 0 spiro atoms. The molecule has 0 atom stereocenters. The molecule has 2 amide bonds. The largest absolute Gasteiger partial charge is 0.337 e. The topological polar surface area (TPSA) is 44.4 Å². The van der Waals surface area contributed by atoms with E-state index in [4.69, 9.17) is 0 Å². The Bertz CT molecular complexity index is 426. The SMILES string of the molecule is CCCCN(CCCC)CCNC(=O)Nc1ccccc1C. The molecule has 0 saturated heterocycles. The van der Waals surface area contributed by atoms with Gasteiger partial charge in [-0.1, -0.05) is 44.9 Å². The number of para-hydroxylation sites is 1. The van der Waals surface area contributed by atoms with E-state index in [9.17, 15) is 4.79 Å². The number of rotatable bonds is 10. The number of benzene rings is 1. The third-order valence-corrected chi connectivity index (χ3v) is 3.76. The fraction of sp³-hybridized carbons (Fsp3) is 0.611. The lowest BCUT2D eigenvalue weighted by atomic mass is 10.2. The second-order valence-corrected chi connectivity index (χ2v) is 5.74. The van der Waals surface area contributed by atoms with Crippen LogP contribution in [0.2, 0.25) is 0 Å². The Morgan fingerprint density at radius 3 is 2.27 bits per heavy atom. The van der Waals surface area contributed by atoms with Crippen LogP contribution in [-0.4, -0.2) is 37.1 Å². The van der Waals surface area contributed by atoms with E-state index in [1.165, 1.54) is 25.7 Å². The Morgan fingerprint density at radius 1 is 1.05 bits per heavy atom. The lowest BCUT2D eigenvalue weighted by Gasteiger charge is -2.22. The summed E-state index contributed by atoms with van der Waals surface area (Å²) in [4.78, 5) is 14.4. The summed E-state index contributed by atoms with van der Waals surface area (Å²) in [5.74, 6) is 0. The van der Waals surface area contributed by atoms with Gasteiger partial charge in [0.2, 0.25) is 0 Å². The molecule has 0 aliphatic rings. The van der Waals surface area contributed by atoms with Crippen LogP contribution in [0.25, 0.3) is 0 Å². The summed E-state index contributed by atoms with van der Waals surface area (Å²) in [6.07, 6.45) is 4.87. The lowest BCUT2D eigenvalue weighted by molar-refractivity contribution is 0.242. The average molecular weight is 305 g/mol. The number of nitrogens with one attached hydrogen (secondary N) is 2. The maximum absolute atomic E-state index is 11.9. The van der Waals surface area contributed by atoms with Crippen LogP contribution in [0.3, 0.4) is 0 Å². The minimum atomic E-state index is -0.125. The van der Waals surface area contributed by atoms with Crippen LogP contribution in [0.1, 0.15) is 45.1 Å². The summed E-state index contributed by atoms with van der Waals surface area (Å²) >= 11 is 0. The second kappa shape index (κ2) is 11.1. The van der Waals surface area contributed by atoms with Crippen molar-refractivity contribution in [2.75, 3.05) is 31.5 Å². The van der Waals surface area contributed by atoms with Crippen molar-refractivity contribution in [3.8, 4) is 0 Å². The first-order valence-electron chi connectivity index (χ1n) is 8.50. The smallest absolute Gasteiger partial charge is 0.319 e. The van der Waals surface area contributed by atoms with Crippen LogP contribution in [0.4, 0.5) is 10.5 Å². The summed E-state index contributed by atoms with van der Waals surface area (Å²) in [5.41, 5.74) is 1.94. The number of unbranched alkanes of at least 4 members (excludes halogenated alkanes) is 2. The molecule has 0 radical (unpaired) electrons.